The van der Waals surface area contributed by atoms with Gasteiger partial charge in [-0.3, -0.25) is 4.79 Å². The van der Waals surface area contributed by atoms with Crippen LogP contribution >= 0.6 is 0 Å². The molecule has 1 fully saturated rings. The third kappa shape index (κ3) is 2.71. The fraction of sp³-hybridized carbons (Fsp3) is 0.500. The van der Waals surface area contributed by atoms with Crippen LogP contribution in [-0.2, 0) is 0 Å². The van der Waals surface area contributed by atoms with Crippen LogP contribution in [0.15, 0.2) is 18.2 Å². The second-order valence-electron chi connectivity index (χ2n) is 4.98. The third-order valence-electron chi connectivity index (χ3n) is 3.38. The highest BCUT2D eigenvalue weighted by Crippen LogP contribution is 2.28. The Labute approximate surface area is 111 Å². The Kier molecular flexibility index (Phi) is 3.75. The van der Waals surface area contributed by atoms with Gasteiger partial charge in [-0.25, -0.2) is 4.39 Å². The lowest BCUT2D eigenvalue weighted by molar-refractivity contribution is -0.0861. The Morgan fingerprint density at radius 3 is 2.74 bits per heavy atom. The Morgan fingerprint density at radius 1 is 1.53 bits per heavy atom. The molecule has 1 aromatic carbocycles. The summed E-state index contributed by atoms with van der Waals surface area (Å²) < 4.78 is 18.6. The smallest absolute Gasteiger partial charge is 0.257 e. The number of rotatable bonds is 4. The molecule has 0 bridgehead atoms. The van der Waals surface area contributed by atoms with Crippen molar-refractivity contribution in [3.8, 4) is 5.75 Å². The summed E-state index contributed by atoms with van der Waals surface area (Å²) in [7, 11) is 1.44. The number of methoxy groups -OCH3 is 1. The van der Waals surface area contributed by atoms with Crippen molar-refractivity contribution in [2.24, 2.45) is 0 Å². The summed E-state index contributed by atoms with van der Waals surface area (Å²) in [5, 5.41) is 10.0. The number of likely N-dealkylation sites (tertiary alicyclic amines) is 1. The molecule has 1 heterocycles. The van der Waals surface area contributed by atoms with Gasteiger partial charge in [0.1, 0.15) is 11.6 Å². The molecule has 1 saturated heterocycles. The van der Waals surface area contributed by atoms with E-state index in [1.165, 1.54) is 24.1 Å². The van der Waals surface area contributed by atoms with Crippen molar-refractivity contribution in [2.45, 2.75) is 25.4 Å². The van der Waals surface area contributed by atoms with Crippen LogP contribution in [0.1, 0.15) is 30.1 Å². The zero-order chi connectivity index (χ0) is 14.0. The normalized spacial score (nSPS) is 16.9. The molecular weight excluding hydrogens is 249 g/mol. The predicted molar refractivity (Wildman–Crippen MR) is 68.7 cm³/mol. The van der Waals surface area contributed by atoms with Crippen LogP contribution in [0.4, 0.5) is 4.39 Å². The molecule has 0 radical (unpaired) electrons. The van der Waals surface area contributed by atoms with Gasteiger partial charge in [0.15, 0.2) is 0 Å². The molecule has 1 N–H and O–H groups in total. The molecule has 1 aliphatic heterocycles. The van der Waals surface area contributed by atoms with Crippen molar-refractivity contribution in [3.05, 3.63) is 29.6 Å². The fourth-order valence-electron chi connectivity index (χ4n) is 2.40. The molecule has 0 saturated carbocycles. The predicted octanol–water partition coefficient (Wildman–Crippen LogP) is 1.82. The van der Waals surface area contributed by atoms with Crippen molar-refractivity contribution >= 4 is 5.91 Å². The van der Waals surface area contributed by atoms with Crippen LogP contribution < -0.4 is 4.74 Å². The fourth-order valence-corrected chi connectivity index (χ4v) is 2.40. The van der Waals surface area contributed by atoms with Crippen LogP contribution in [-0.4, -0.2) is 41.7 Å². The number of carbonyl (C=O) groups excluding carboxylic acids is 1. The summed E-state index contributed by atoms with van der Waals surface area (Å²) >= 11 is 0. The van der Waals surface area contributed by atoms with Crippen molar-refractivity contribution in [3.63, 3.8) is 0 Å². The van der Waals surface area contributed by atoms with Gasteiger partial charge in [0.05, 0.1) is 31.4 Å². The monoisotopic (exact) mass is 267 g/mol. The number of nitrogens with zero attached hydrogens (tertiary/aromatic N) is 1. The van der Waals surface area contributed by atoms with Gasteiger partial charge in [0.2, 0.25) is 0 Å². The number of hydrogen-bond acceptors (Lipinski definition) is 3. The summed E-state index contributed by atoms with van der Waals surface area (Å²) in [5.41, 5.74) is -0.785. The maximum atomic E-state index is 13.8. The molecule has 0 spiro atoms. The average Bonchev–Trinajstić information content (AvgIpc) is 2.35. The molecule has 104 valence electrons. The lowest BCUT2D eigenvalue weighted by Crippen LogP contribution is -2.63. The molecule has 2 rings (SSSR count). The van der Waals surface area contributed by atoms with Gasteiger partial charge in [-0.05, 0) is 18.6 Å². The van der Waals surface area contributed by atoms with Crippen LogP contribution in [0.3, 0.4) is 0 Å². The van der Waals surface area contributed by atoms with E-state index in [2.05, 4.69) is 0 Å². The minimum absolute atomic E-state index is 0.0133. The highest BCUT2D eigenvalue weighted by molar-refractivity contribution is 5.95. The number of halogens is 1. The number of carbonyl (C=O) groups is 1. The Hall–Kier alpha value is -1.62. The first-order chi connectivity index (χ1) is 8.99. The molecule has 5 heteroatoms. The quantitative estimate of drug-likeness (QED) is 0.905. The molecule has 0 unspecified atom stereocenters. The van der Waals surface area contributed by atoms with Crippen LogP contribution in [0.25, 0.3) is 0 Å². The largest absolute Gasteiger partial charge is 0.497 e. The van der Waals surface area contributed by atoms with Crippen LogP contribution in [0, 0.1) is 5.82 Å². The van der Waals surface area contributed by atoms with E-state index >= 15 is 0 Å². The second-order valence-corrected chi connectivity index (χ2v) is 4.98. The number of β-amino-alcohol motifs (C(OH)–C–C–N with tert-alkyl or cyclic N) is 1. The first kappa shape index (κ1) is 13.8. The zero-order valence-corrected chi connectivity index (χ0v) is 11.1. The molecule has 0 aromatic heterocycles. The van der Waals surface area contributed by atoms with Gasteiger partial charge in [0.25, 0.3) is 5.91 Å². The summed E-state index contributed by atoms with van der Waals surface area (Å²) in [4.78, 5) is 13.5. The minimum Gasteiger partial charge on any atom is -0.497 e. The van der Waals surface area contributed by atoms with Gasteiger partial charge in [0, 0.05) is 6.07 Å². The molecular formula is C14H18FNO3. The molecule has 1 aromatic rings. The SMILES string of the molecule is CCCC1(O)CN(C(=O)c2ccc(OC)cc2F)C1. The lowest BCUT2D eigenvalue weighted by Gasteiger charge is -2.46. The number of benzene rings is 1. The number of aliphatic hydroxyl groups is 1. The summed E-state index contributed by atoms with van der Waals surface area (Å²) in [6.45, 7) is 2.52. The maximum absolute atomic E-state index is 13.8. The first-order valence-corrected chi connectivity index (χ1v) is 6.34. The maximum Gasteiger partial charge on any atom is 0.257 e. The lowest BCUT2D eigenvalue weighted by atomic mass is 9.88. The van der Waals surface area contributed by atoms with Crippen LogP contribution in [0.5, 0.6) is 5.75 Å². The Morgan fingerprint density at radius 2 is 2.21 bits per heavy atom. The molecule has 1 aliphatic rings. The number of hydrogen-bond donors (Lipinski definition) is 1. The third-order valence-corrected chi connectivity index (χ3v) is 3.38. The average molecular weight is 267 g/mol. The van der Waals surface area contributed by atoms with Gasteiger partial charge in [-0.15, -0.1) is 0 Å². The van der Waals surface area contributed by atoms with Crippen molar-refractivity contribution in [2.75, 3.05) is 20.2 Å². The highest BCUT2D eigenvalue weighted by Gasteiger charge is 2.43. The van der Waals surface area contributed by atoms with E-state index in [0.717, 1.165) is 6.42 Å². The highest BCUT2D eigenvalue weighted by atomic mass is 19.1. The van der Waals surface area contributed by atoms with Gasteiger partial charge < -0.3 is 14.7 Å². The van der Waals surface area contributed by atoms with Crippen LogP contribution in [0.2, 0.25) is 0 Å². The number of ether oxygens (including phenoxy) is 1. The summed E-state index contributed by atoms with van der Waals surface area (Å²) in [6.07, 6.45) is 1.51. The molecule has 0 aliphatic carbocycles. The van der Waals surface area contributed by atoms with Crippen molar-refractivity contribution in [1.82, 2.24) is 4.90 Å². The van der Waals surface area contributed by atoms with E-state index in [0.29, 0.717) is 12.2 Å². The second kappa shape index (κ2) is 5.17. The van der Waals surface area contributed by atoms with Crippen molar-refractivity contribution < 1.29 is 19.0 Å². The van der Waals surface area contributed by atoms with E-state index < -0.39 is 11.4 Å². The Balaban J connectivity index is 2.06. The zero-order valence-electron chi connectivity index (χ0n) is 11.1. The van der Waals surface area contributed by atoms with Gasteiger partial charge in [-0.1, -0.05) is 13.3 Å². The van der Waals surface area contributed by atoms with E-state index in [4.69, 9.17) is 4.74 Å². The first-order valence-electron chi connectivity index (χ1n) is 6.34. The summed E-state index contributed by atoms with van der Waals surface area (Å²) in [5.74, 6) is -0.614. The number of amides is 1. The minimum atomic E-state index is -0.798. The van der Waals surface area contributed by atoms with Gasteiger partial charge >= 0.3 is 0 Å². The molecule has 4 nitrogen and oxygen atoms in total. The van der Waals surface area contributed by atoms with Gasteiger partial charge in [-0.2, -0.15) is 0 Å². The van der Waals surface area contributed by atoms with Crippen molar-refractivity contribution in [1.29, 1.82) is 0 Å². The molecule has 0 atom stereocenters. The van der Waals surface area contributed by atoms with E-state index in [1.807, 2.05) is 6.92 Å². The van der Waals surface area contributed by atoms with E-state index in [-0.39, 0.29) is 24.6 Å². The molecule has 1 amide bonds. The van der Waals surface area contributed by atoms with E-state index in [1.54, 1.807) is 6.07 Å². The molecule has 19 heavy (non-hydrogen) atoms. The van der Waals surface area contributed by atoms with E-state index in [9.17, 15) is 14.3 Å². The standard InChI is InChI=1S/C14H18FNO3/c1-3-6-14(18)8-16(9-14)13(17)11-5-4-10(19-2)7-12(11)15/h4-5,7,18H,3,6,8-9H2,1-2H3. The topological polar surface area (TPSA) is 49.8 Å². The summed E-state index contributed by atoms with van der Waals surface area (Å²) in [6, 6.07) is 4.15. The Bertz CT molecular complexity index is 484.